The summed E-state index contributed by atoms with van der Waals surface area (Å²) in [6.45, 7) is 2.02. The van der Waals surface area contributed by atoms with E-state index < -0.39 is 10.0 Å². The second-order valence-corrected chi connectivity index (χ2v) is 10.3. The molecule has 2 aromatic carbocycles. The molecule has 0 heterocycles. The zero-order valence-electron chi connectivity index (χ0n) is 16.5. The van der Waals surface area contributed by atoms with E-state index in [1.54, 1.807) is 24.3 Å². The third-order valence-corrected chi connectivity index (χ3v) is 7.03. The fourth-order valence-electron chi connectivity index (χ4n) is 3.04. The van der Waals surface area contributed by atoms with Gasteiger partial charge in [0.15, 0.2) is 0 Å². The number of halogens is 1. The first-order valence-corrected chi connectivity index (χ1v) is 12.2. The molecule has 1 amide bonds. The highest BCUT2D eigenvalue weighted by atomic mass is 79.9. The monoisotopic (exact) mass is 478 g/mol. The third-order valence-electron chi connectivity index (χ3n) is 4.96. The average molecular weight is 479 g/mol. The van der Waals surface area contributed by atoms with Gasteiger partial charge in [0.05, 0.1) is 4.90 Å². The Bertz CT molecular complexity index is 924. The molecule has 29 heavy (non-hydrogen) atoms. The Morgan fingerprint density at radius 1 is 1.03 bits per heavy atom. The largest absolute Gasteiger partial charge is 0.354 e. The molecule has 1 unspecified atom stereocenters. The number of nitrogens with one attached hydrogen (secondary N) is 2. The molecule has 1 atom stereocenters. The van der Waals surface area contributed by atoms with Gasteiger partial charge in [0.2, 0.25) is 15.9 Å². The number of carbonyl (C=O) groups excluding carboxylic acids is 1. The summed E-state index contributed by atoms with van der Waals surface area (Å²) in [5.74, 6) is 0.0143. The number of hydrogen-bond donors (Lipinski definition) is 2. The van der Waals surface area contributed by atoms with Crippen molar-refractivity contribution in [2.24, 2.45) is 0 Å². The number of aryl methyl sites for hydroxylation is 2. The van der Waals surface area contributed by atoms with E-state index in [4.69, 9.17) is 0 Å². The topological polar surface area (TPSA) is 75.3 Å². The van der Waals surface area contributed by atoms with E-state index >= 15 is 0 Å². The van der Waals surface area contributed by atoms with Gasteiger partial charge in [0.25, 0.3) is 0 Å². The number of hydrogen-bond acceptors (Lipinski definition) is 3. The van der Waals surface area contributed by atoms with Crippen molar-refractivity contribution < 1.29 is 13.2 Å². The zero-order chi connectivity index (χ0) is 20.9. The summed E-state index contributed by atoms with van der Waals surface area (Å²) in [6.07, 6.45) is 4.59. The predicted molar refractivity (Wildman–Crippen MR) is 118 cm³/mol. The number of benzene rings is 2. The van der Waals surface area contributed by atoms with E-state index in [2.05, 4.69) is 38.1 Å². The lowest BCUT2D eigenvalue weighted by molar-refractivity contribution is -0.121. The van der Waals surface area contributed by atoms with Gasteiger partial charge in [-0.2, -0.15) is 0 Å². The molecule has 1 saturated carbocycles. The van der Waals surface area contributed by atoms with Crippen molar-refractivity contribution in [2.45, 2.75) is 62.4 Å². The molecule has 0 spiro atoms. The lowest BCUT2D eigenvalue weighted by atomic mass is 10.1. The minimum Gasteiger partial charge on any atom is -0.354 e. The molecule has 2 aromatic rings. The van der Waals surface area contributed by atoms with Crippen LogP contribution in [0.15, 0.2) is 57.9 Å². The first kappa shape index (κ1) is 22.0. The number of sulfonamides is 1. The molecule has 0 bridgehead atoms. The van der Waals surface area contributed by atoms with Crippen LogP contribution in [-0.4, -0.2) is 26.4 Å². The Balaban J connectivity index is 1.40. The second kappa shape index (κ2) is 9.87. The molecule has 0 aromatic heterocycles. The van der Waals surface area contributed by atoms with E-state index in [0.29, 0.717) is 12.8 Å². The molecule has 156 valence electrons. The van der Waals surface area contributed by atoms with Crippen LogP contribution in [0.2, 0.25) is 0 Å². The molecule has 0 saturated heterocycles. The highest BCUT2D eigenvalue weighted by molar-refractivity contribution is 9.10. The van der Waals surface area contributed by atoms with E-state index in [1.807, 2.05) is 19.1 Å². The molecule has 5 nitrogen and oxygen atoms in total. The summed E-state index contributed by atoms with van der Waals surface area (Å²) < 4.78 is 28.1. The van der Waals surface area contributed by atoms with Crippen LogP contribution in [0.5, 0.6) is 0 Å². The van der Waals surface area contributed by atoms with E-state index in [9.17, 15) is 13.2 Å². The van der Waals surface area contributed by atoms with Crippen LogP contribution in [0.1, 0.15) is 43.7 Å². The van der Waals surface area contributed by atoms with Crippen molar-refractivity contribution in [3.8, 4) is 0 Å². The van der Waals surface area contributed by atoms with Crippen LogP contribution in [0, 0.1) is 0 Å². The van der Waals surface area contributed by atoms with Gasteiger partial charge in [0.1, 0.15) is 0 Å². The third kappa shape index (κ3) is 7.24. The minimum absolute atomic E-state index is 0.0143. The van der Waals surface area contributed by atoms with E-state index in [1.165, 1.54) is 5.56 Å². The maximum atomic E-state index is 12.2. The van der Waals surface area contributed by atoms with Crippen LogP contribution in [0.3, 0.4) is 0 Å². The van der Waals surface area contributed by atoms with Gasteiger partial charge >= 0.3 is 0 Å². The number of carbonyl (C=O) groups is 1. The Labute approximate surface area is 181 Å². The van der Waals surface area contributed by atoms with Crippen LogP contribution in [0.25, 0.3) is 0 Å². The van der Waals surface area contributed by atoms with Crippen molar-refractivity contribution in [2.75, 3.05) is 0 Å². The van der Waals surface area contributed by atoms with Crippen LogP contribution < -0.4 is 10.0 Å². The average Bonchev–Trinajstić information content (AvgIpc) is 3.49. The van der Waals surface area contributed by atoms with E-state index in [0.717, 1.165) is 35.7 Å². The predicted octanol–water partition coefficient (Wildman–Crippen LogP) is 3.96. The maximum Gasteiger partial charge on any atom is 0.240 e. The first-order valence-electron chi connectivity index (χ1n) is 9.97. The Morgan fingerprint density at radius 3 is 2.24 bits per heavy atom. The van der Waals surface area contributed by atoms with Crippen molar-refractivity contribution in [3.63, 3.8) is 0 Å². The summed E-state index contributed by atoms with van der Waals surface area (Å²) >= 11 is 3.43. The number of amides is 1. The summed E-state index contributed by atoms with van der Waals surface area (Å²) in [7, 11) is -3.42. The lowest BCUT2D eigenvalue weighted by Gasteiger charge is -2.14. The highest BCUT2D eigenvalue weighted by Gasteiger charge is 2.27. The summed E-state index contributed by atoms with van der Waals surface area (Å²) in [4.78, 5) is 12.5. The summed E-state index contributed by atoms with van der Waals surface area (Å²) in [5.41, 5.74) is 2.20. The van der Waals surface area contributed by atoms with Crippen molar-refractivity contribution in [1.29, 1.82) is 0 Å². The quantitative estimate of drug-likeness (QED) is 0.542. The molecule has 0 aliphatic heterocycles. The van der Waals surface area contributed by atoms with Crippen molar-refractivity contribution >= 4 is 31.9 Å². The fraction of sp³-hybridized carbons (Fsp3) is 0.409. The molecular weight excluding hydrogens is 452 g/mol. The van der Waals surface area contributed by atoms with Gasteiger partial charge in [-0.1, -0.05) is 40.2 Å². The Morgan fingerprint density at radius 2 is 1.62 bits per heavy atom. The summed E-state index contributed by atoms with van der Waals surface area (Å²) in [5, 5.41) is 3.04. The van der Waals surface area contributed by atoms with Gasteiger partial charge < -0.3 is 5.32 Å². The second-order valence-electron chi connectivity index (χ2n) is 7.67. The molecular formula is C22H27BrN2O3S. The van der Waals surface area contributed by atoms with Crippen LogP contribution in [-0.2, 0) is 27.7 Å². The van der Waals surface area contributed by atoms with Crippen molar-refractivity contribution in [3.05, 3.63) is 64.1 Å². The van der Waals surface area contributed by atoms with Gasteiger partial charge in [-0.3, -0.25) is 4.79 Å². The van der Waals surface area contributed by atoms with E-state index in [-0.39, 0.29) is 22.9 Å². The normalized spacial score (nSPS) is 15.1. The van der Waals surface area contributed by atoms with Gasteiger partial charge in [-0.15, -0.1) is 0 Å². The first-order chi connectivity index (χ1) is 13.8. The summed E-state index contributed by atoms with van der Waals surface area (Å²) in [6, 6.07) is 15.2. The Hall–Kier alpha value is -1.70. The number of rotatable bonds is 10. The zero-order valence-corrected chi connectivity index (χ0v) is 18.9. The SMILES string of the molecule is CC(CCc1ccc(Br)cc1)NC(=O)CCc1ccc(S(=O)(=O)NC2CC2)cc1. The molecule has 0 radical (unpaired) electrons. The maximum absolute atomic E-state index is 12.2. The van der Waals surface area contributed by atoms with Gasteiger partial charge in [0, 0.05) is 23.0 Å². The standard InChI is InChI=1S/C22H27BrN2O3S/c1-16(2-3-17-4-9-19(23)10-5-17)24-22(26)15-8-18-6-13-21(14-7-18)29(27,28)25-20-11-12-20/h4-7,9-10,13-14,16,20,25H,2-3,8,11-12,15H2,1H3,(H,24,26). The lowest BCUT2D eigenvalue weighted by Crippen LogP contribution is -2.33. The highest BCUT2D eigenvalue weighted by Crippen LogP contribution is 2.22. The molecule has 2 N–H and O–H groups in total. The molecule has 1 aliphatic carbocycles. The molecule has 1 aliphatic rings. The van der Waals surface area contributed by atoms with Crippen molar-refractivity contribution in [1.82, 2.24) is 10.0 Å². The fourth-order valence-corrected chi connectivity index (χ4v) is 4.60. The van der Waals surface area contributed by atoms with Gasteiger partial charge in [-0.05, 0) is 74.4 Å². The molecule has 1 fully saturated rings. The molecule has 3 rings (SSSR count). The Kier molecular flexibility index (Phi) is 7.49. The van der Waals surface area contributed by atoms with Gasteiger partial charge in [-0.25, -0.2) is 13.1 Å². The molecule has 7 heteroatoms. The van der Waals surface area contributed by atoms with Crippen LogP contribution in [0.4, 0.5) is 0 Å². The smallest absolute Gasteiger partial charge is 0.240 e. The minimum atomic E-state index is -3.42. The van der Waals surface area contributed by atoms with Crippen LogP contribution >= 0.6 is 15.9 Å².